The Morgan fingerprint density at radius 3 is 2.10 bits per heavy atom. The molecule has 1 amide bonds. The molecule has 0 saturated carbocycles. The van der Waals surface area contributed by atoms with Crippen molar-refractivity contribution in [1.29, 1.82) is 0 Å². The van der Waals surface area contributed by atoms with Crippen LogP contribution in [-0.4, -0.2) is 91.7 Å². The molecule has 1 aromatic heterocycles. The van der Waals surface area contributed by atoms with E-state index in [1.54, 1.807) is 11.2 Å². The van der Waals surface area contributed by atoms with Crippen LogP contribution in [0.1, 0.15) is 0 Å². The van der Waals surface area contributed by atoms with E-state index in [9.17, 15) is 9.18 Å². The molecular formula is C21H27FN6O2. The first-order valence-corrected chi connectivity index (χ1v) is 10.2. The Bertz CT molecular complexity index is 849. The average Bonchev–Trinajstić information content (AvgIpc) is 2.79. The van der Waals surface area contributed by atoms with E-state index in [2.05, 4.69) is 31.7 Å². The van der Waals surface area contributed by atoms with E-state index in [-0.39, 0.29) is 18.3 Å². The number of amides is 1. The first kappa shape index (κ1) is 20.3. The third-order valence-electron chi connectivity index (χ3n) is 5.60. The maximum atomic E-state index is 13.0. The third kappa shape index (κ3) is 4.96. The fourth-order valence-electron chi connectivity index (χ4n) is 3.67. The van der Waals surface area contributed by atoms with Crippen LogP contribution in [0.4, 0.5) is 16.0 Å². The number of carbonyl (C=O) groups is 1. The normalized spacial score (nSPS) is 17.9. The Labute approximate surface area is 175 Å². The number of carbonyl (C=O) groups excluding carboxylic acids is 1. The first-order valence-electron chi connectivity index (χ1n) is 10.2. The maximum absolute atomic E-state index is 13.0. The number of ether oxygens (including phenoxy) is 1. The lowest BCUT2D eigenvalue weighted by Crippen LogP contribution is -2.50. The summed E-state index contributed by atoms with van der Waals surface area (Å²) in [5.74, 6) is 1.94. The molecule has 2 saturated heterocycles. The van der Waals surface area contributed by atoms with Crippen molar-refractivity contribution in [2.75, 3.05) is 75.8 Å². The van der Waals surface area contributed by atoms with Gasteiger partial charge >= 0.3 is 0 Å². The SMILES string of the molecule is CN1CCN(c2cc(N3CCN(C(=O)COc4ccc(F)cc4)CC3)ncn2)CC1. The second-order valence-corrected chi connectivity index (χ2v) is 7.64. The van der Waals surface area contributed by atoms with Gasteiger partial charge in [0.05, 0.1) is 0 Å². The zero-order valence-corrected chi connectivity index (χ0v) is 17.2. The average molecular weight is 414 g/mol. The molecule has 2 aliphatic rings. The van der Waals surface area contributed by atoms with E-state index in [0.29, 0.717) is 31.9 Å². The Hall–Kier alpha value is -2.94. The molecule has 30 heavy (non-hydrogen) atoms. The van der Waals surface area contributed by atoms with Gasteiger partial charge in [-0.1, -0.05) is 0 Å². The van der Waals surface area contributed by atoms with Crippen LogP contribution in [0.3, 0.4) is 0 Å². The van der Waals surface area contributed by atoms with Crippen LogP contribution < -0.4 is 14.5 Å². The van der Waals surface area contributed by atoms with E-state index < -0.39 is 0 Å². The lowest BCUT2D eigenvalue weighted by atomic mass is 10.3. The predicted molar refractivity (Wildman–Crippen MR) is 112 cm³/mol. The van der Waals surface area contributed by atoms with Gasteiger partial charge in [-0.25, -0.2) is 14.4 Å². The number of hydrogen-bond acceptors (Lipinski definition) is 7. The van der Waals surface area contributed by atoms with Crippen LogP contribution in [0.5, 0.6) is 5.75 Å². The van der Waals surface area contributed by atoms with E-state index in [0.717, 1.165) is 37.8 Å². The number of likely N-dealkylation sites (N-methyl/N-ethyl adjacent to an activating group) is 1. The van der Waals surface area contributed by atoms with Gasteiger partial charge < -0.3 is 24.3 Å². The number of halogens is 1. The van der Waals surface area contributed by atoms with Gasteiger partial charge in [0.1, 0.15) is 29.5 Å². The molecule has 2 aromatic rings. The van der Waals surface area contributed by atoms with Crippen LogP contribution in [0.2, 0.25) is 0 Å². The second-order valence-electron chi connectivity index (χ2n) is 7.64. The molecule has 0 radical (unpaired) electrons. The van der Waals surface area contributed by atoms with Crippen molar-refractivity contribution in [2.24, 2.45) is 0 Å². The van der Waals surface area contributed by atoms with Crippen molar-refractivity contribution in [1.82, 2.24) is 19.8 Å². The number of anilines is 2. The number of nitrogens with zero attached hydrogens (tertiary/aromatic N) is 6. The minimum atomic E-state index is -0.328. The van der Waals surface area contributed by atoms with E-state index in [4.69, 9.17) is 4.74 Å². The number of piperazine rings is 2. The molecule has 4 rings (SSSR count). The van der Waals surface area contributed by atoms with Gasteiger partial charge in [0.15, 0.2) is 6.61 Å². The quantitative estimate of drug-likeness (QED) is 0.726. The molecule has 0 bridgehead atoms. The molecule has 2 fully saturated rings. The molecule has 3 heterocycles. The fraction of sp³-hybridized carbons (Fsp3) is 0.476. The summed E-state index contributed by atoms with van der Waals surface area (Å²) in [5, 5.41) is 0. The second kappa shape index (κ2) is 9.25. The molecule has 0 unspecified atom stereocenters. The van der Waals surface area contributed by atoms with Crippen LogP contribution in [0.15, 0.2) is 36.7 Å². The lowest BCUT2D eigenvalue weighted by molar-refractivity contribution is -0.133. The predicted octanol–water partition coefficient (Wildman–Crippen LogP) is 1.10. The molecule has 0 atom stereocenters. The summed E-state index contributed by atoms with van der Waals surface area (Å²) in [6, 6.07) is 7.72. The van der Waals surface area contributed by atoms with Gasteiger partial charge in [-0.3, -0.25) is 4.79 Å². The van der Waals surface area contributed by atoms with Crippen molar-refractivity contribution in [3.63, 3.8) is 0 Å². The monoisotopic (exact) mass is 414 g/mol. The molecule has 2 aliphatic heterocycles. The summed E-state index contributed by atoms with van der Waals surface area (Å²) in [6.45, 7) is 6.57. The van der Waals surface area contributed by atoms with Gasteiger partial charge in [-0.05, 0) is 31.3 Å². The number of benzene rings is 1. The topological polar surface area (TPSA) is 65.0 Å². The smallest absolute Gasteiger partial charge is 0.260 e. The Balaban J connectivity index is 1.28. The Kier molecular flexibility index (Phi) is 6.27. The van der Waals surface area contributed by atoms with E-state index >= 15 is 0 Å². The number of rotatable bonds is 5. The fourth-order valence-corrected chi connectivity index (χ4v) is 3.67. The van der Waals surface area contributed by atoms with E-state index in [1.807, 2.05) is 6.07 Å². The van der Waals surface area contributed by atoms with Crippen molar-refractivity contribution in [2.45, 2.75) is 0 Å². The van der Waals surface area contributed by atoms with Gasteiger partial charge in [-0.2, -0.15) is 0 Å². The highest BCUT2D eigenvalue weighted by Crippen LogP contribution is 2.20. The Morgan fingerprint density at radius 1 is 0.933 bits per heavy atom. The molecule has 0 N–H and O–H groups in total. The van der Waals surface area contributed by atoms with Crippen molar-refractivity contribution >= 4 is 17.5 Å². The van der Waals surface area contributed by atoms with Crippen LogP contribution in [0.25, 0.3) is 0 Å². The zero-order chi connectivity index (χ0) is 20.9. The van der Waals surface area contributed by atoms with Crippen molar-refractivity contribution in [3.8, 4) is 5.75 Å². The number of hydrogen-bond donors (Lipinski definition) is 0. The molecule has 8 nitrogen and oxygen atoms in total. The molecule has 160 valence electrons. The van der Waals surface area contributed by atoms with Gasteiger partial charge in [0, 0.05) is 58.4 Å². The van der Waals surface area contributed by atoms with Gasteiger partial charge in [-0.15, -0.1) is 0 Å². The van der Waals surface area contributed by atoms with Crippen molar-refractivity contribution < 1.29 is 13.9 Å². The van der Waals surface area contributed by atoms with Gasteiger partial charge in [0.2, 0.25) is 0 Å². The lowest BCUT2D eigenvalue weighted by Gasteiger charge is -2.36. The summed E-state index contributed by atoms with van der Waals surface area (Å²) in [7, 11) is 2.13. The third-order valence-corrected chi connectivity index (χ3v) is 5.60. The standard InChI is InChI=1S/C21H27FN6O2/c1-25-6-8-26(9-7-25)19-14-20(24-16-23-19)27-10-12-28(13-11-27)21(29)15-30-18-4-2-17(22)3-5-18/h2-5,14,16H,6-13,15H2,1H3. The highest BCUT2D eigenvalue weighted by atomic mass is 19.1. The Morgan fingerprint density at radius 2 is 1.50 bits per heavy atom. The minimum Gasteiger partial charge on any atom is -0.484 e. The molecule has 9 heteroatoms. The largest absolute Gasteiger partial charge is 0.484 e. The van der Waals surface area contributed by atoms with E-state index in [1.165, 1.54) is 24.3 Å². The highest BCUT2D eigenvalue weighted by molar-refractivity contribution is 5.78. The molecular weight excluding hydrogens is 387 g/mol. The summed E-state index contributed by atoms with van der Waals surface area (Å²) in [6.07, 6.45) is 1.62. The maximum Gasteiger partial charge on any atom is 0.260 e. The first-order chi connectivity index (χ1) is 14.6. The van der Waals surface area contributed by atoms with Crippen LogP contribution in [-0.2, 0) is 4.79 Å². The van der Waals surface area contributed by atoms with Crippen LogP contribution >= 0.6 is 0 Å². The van der Waals surface area contributed by atoms with Crippen LogP contribution in [0, 0.1) is 5.82 Å². The summed E-state index contributed by atoms with van der Waals surface area (Å²) in [4.78, 5) is 29.9. The zero-order valence-electron chi connectivity index (χ0n) is 17.2. The summed E-state index contributed by atoms with van der Waals surface area (Å²) >= 11 is 0. The minimum absolute atomic E-state index is 0.0489. The molecule has 1 aromatic carbocycles. The summed E-state index contributed by atoms with van der Waals surface area (Å²) < 4.78 is 18.4. The molecule has 0 spiro atoms. The summed E-state index contributed by atoms with van der Waals surface area (Å²) in [5.41, 5.74) is 0. The van der Waals surface area contributed by atoms with Crippen molar-refractivity contribution in [3.05, 3.63) is 42.5 Å². The molecule has 0 aliphatic carbocycles. The highest BCUT2D eigenvalue weighted by Gasteiger charge is 2.23. The number of aromatic nitrogens is 2. The van der Waals surface area contributed by atoms with Gasteiger partial charge in [0.25, 0.3) is 5.91 Å².